The summed E-state index contributed by atoms with van der Waals surface area (Å²) in [6.07, 6.45) is 0.934. The first-order valence-electron chi connectivity index (χ1n) is 8.98. The van der Waals surface area contributed by atoms with Gasteiger partial charge >= 0.3 is 0 Å². The van der Waals surface area contributed by atoms with Crippen molar-refractivity contribution < 1.29 is 9.84 Å². The minimum Gasteiger partial charge on any atom is -0.390 e. The van der Waals surface area contributed by atoms with Crippen LogP contribution in [0.25, 0.3) is 0 Å². The van der Waals surface area contributed by atoms with Crippen LogP contribution >= 0.6 is 0 Å². The van der Waals surface area contributed by atoms with Crippen LogP contribution in [0.3, 0.4) is 0 Å². The third kappa shape index (κ3) is 4.77. The lowest BCUT2D eigenvalue weighted by Gasteiger charge is -2.38. The monoisotopic (exact) mass is 318 g/mol. The van der Waals surface area contributed by atoms with Crippen molar-refractivity contribution in [1.29, 1.82) is 0 Å². The van der Waals surface area contributed by atoms with Crippen molar-refractivity contribution in [3.63, 3.8) is 0 Å². The first-order valence-corrected chi connectivity index (χ1v) is 8.98. The molecule has 0 aromatic heterocycles. The highest BCUT2D eigenvalue weighted by molar-refractivity contribution is 5.21. The molecule has 4 heteroatoms. The number of likely N-dealkylation sites (tertiary alicyclic amines) is 1. The normalized spacial score (nSPS) is 28.6. The molecular weight excluding hydrogens is 288 g/mol. The molecule has 128 valence electrons. The molecule has 2 aliphatic rings. The van der Waals surface area contributed by atoms with Crippen molar-refractivity contribution >= 4 is 0 Å². The van der Waals surface area contributed by atoms with Gasteiger partial charge < -0.3 is 14.7 Å². The maximum absolute atomic E-state index is 10.4. The van der Waals surface area contributed by atoms with Crippen LogP contribution in [-0.2, 0) is 4.74 Å². The van der Waals surface area contributed by atoms with E-state index in [0.717, 1.165) is 52.5 Å². The SMILES string of the molecule is CC1CN(CC(O)CN2CCOCC2)CCC1c1ccccc1. The molecule has 0 spiro atoms. The van der Waals surface area contributed by atoms with Crippen LogP contribution in [0.15, 0.2) is 30.3 Å². The van der Waals surface area contributed by atoms with Crippen molar-refractivity contribution in [2.45, 2.75) is 25.4 Å². The van der Waals surface area contributed by atoms with Gasteiger partial charge in [-0.2, -0.15) is 0 Å². The van der Waals surface area contributed by atoms with Crippen molar-refractivity contribution in [2.24, 2.45) is 5.92 Å². The minimum absolute atomic E-state index is 0.256. The van der Waals surface area contributed by atoms with Gasteiger partial charge in [0.25, 0.3) is 0 Å². The molecule has 0 bridgehead atoms. The fraction of sp³-hybridized carbons (Fsp3) is 0.684. The van der Waals surface area contributed by atoms with Crippen LogP contribution in [-0.4, -0.2) is 73.5 Å². The molecule has 2 heterocycles. The van der Waals surface area contributed by atoms with Gasteiger partial charge in [0.2, 0.25) is 0 Å². The van der Waals surface area contributed by atoms with Crippen LogP contribution in [0, 0.1) is 5.92 Å². The van der Waals surface area contributed by atoms with Gasteiger partial charge in [0.1, 0.15) is 0 Å². The summed E-state index contributed by atoms with van der Waals surface area (Å²) >= 11 is 0. The van der Waals surface area contributed by atoms with E-state index in [1.54, 1.807) is 0 Å². The molecule has 0 saturated carbocycles. The first kappa shape index (κ1) is 16.9. The number of nitrogens with zero attached hydrogens (tertiary/aromatic N) is 2. The van der Waals surface area contributed by atoms with Crippen molar-refractivity contribution in [2.75, 3.05) is 52.5 Å². The summed E-state index contributed by atoms with van der Waals surface area (Å²) < 4.78 is 5.37. The molecule has 2 aliphatic heterocycles. The summed E-state index contributed by atoms with van der Waals surface area (Å²) in [5.74, 6) is 1.30. The van der Waals surface area contributed by atoms with Crippen LogP contribution in [0.1, 0.15) is 24.8 Å². The molecule has 23 heavy (non-hydrogen) atoms. The Bertz CT molecular complexity index is 462. The van der Waals surface area contributed by atoms with Gasteiger partial charge in [-0.15, -0.1) is 0 Å². The molecule has 1 aromatic carbocycles. The number of ether oxygens (including phenoxy) is 1. The lowest BCUT2D eigenvalue weighted by Crippen LogP contribution is -2.47. The van der Waals surface area contributed by atoms with Crippen molar-refractivity contribution in [1.82, 2.24) is 9.80 Å². The summed E-state index contributed by atoms with van der Waals surface area (Å²) in [5, 5.41) is 10.4. The summed E-state index contributed by atoms with van der Waals surface area (Å²) in [5.41, 5.74) is 1.47. The number of hydrogen-bond donors (Lipinski definition) is 1. The fourth-order valence-corrected chi connectivity index (χ4v) is 4.03. The zero-order chi connectivity index (χ0) is 16.1. The number of aliphatic hydroxyl groups excluding tert-OH is 1. The predicted molar refractivity (Wildman–Crippen MR) is 92.7 cm³/mol. The van der Waals surface area contributed by atoms with Crippen LogP contribution in [0.4, 0.5) is 0 Å². The highest BCUT2D eigenvalue weighted by atomic mass is 16.5. The highest BCUT2D eigenvalue weighted by Gasteiger charge is 2.28. The average molecular weight is 318 g/mol. The Morgan fingerprint density at radius 2 is 1.78 bits per heavy atom. The van der Waals surface area contributed by atoms with E-state index in [1.807, 2.05) is 0 Å². The molecule has 0 amide bonds. The van der Waals surface area contributed by atoms with Crippen LogP contribution in [0.2, 0.25) is 0 Å². The lowest BCUT2D eigenvalue weighted by molar-refractivity contribution is 0.00290. The fourth-order valence-electron chi connectivity index (χ4n) is 4.03. The molecule has 4 nitrogen and oxygen atoms in total. The van der Waals surface area contributed by atoms with E-state index in [2.05, 4.69) is 47.1 Å². The Morgan fingerprint density at radius 3 is 2.48 bits per heavy atom. The van der Waals surface area contributed by atoms with Gasteiger partial charge in [-0.3, -0.25) is 4.90 Å². The molecular formula is C19H30N2O2. The second-order valence-electron chi connectivity index (χ2n) is 7.11. The number of piperidine rings is 1. The maximum atomic E-state index is 10.4. The van der Waals surface area contributed by atoms with E-state index in [-0.39, 0.29) is 6.10 Å². The zero-order valence-corrected chi connectivity index (χ0v) is 14.2. The topological polar surface area (TPSA) is 35.9 Å². The molecule has 3 atom stereocenters. The second-order valence-corrected chi connectivity index (χ2v) is 7.11. The van der Waals surface area contributed by atoms with Crippen molar-refractivity contribution in [3.8, 4) is 0 Å². The molecule has 0 radical (unpaired) electrons. The Kier molecular flexibility index (Phi) is 6.06. The van der Waals surface area contributed by atoms with Gasteiger partial charge in [-0.05, 0) is 30.4 Å². The number of aliphatic hydroxyl groups is 1. The Hall–Kier alpha value is -0.940. The van der Waals surface area contributed by atoms with E-state index in [9.17, 15) is 5.11 Å². The third-order valence-electron chi connectivity index (χ3n) is 5.26. The number of β-amino-alcohol motifs (C(OH)–C–C–N with tert-alkyl or cyclic N) is 1. The quantitative estimate of drug-likeness (QED) is 0.898. The van der Waals surface area contributed by atoms with Crippen LogP contribution < -0.4 is 0 Å². The molecule has 3 rings (SSSR count). The minimum atomic E-state index is -0.256. The average Bonchev–Trinajstić information content (AvgIpc) is 2.56. The van der Waals surface area contributed by atoms with E-state index >= 15 is 0 Å². The Labute approximate surface area is 140 Å². The summed E-state index contributed by atoms with van der Waals surface area (Å²) in [6.45, 7) is 9.58. The largest absolute Gasteiger partial charge is 0.390 e. The smallest absolute Gasteiger partial charge is 0.0793 e. The number of morpholine rings is 1. The summed E-state index contributed by atoms with van der Waals surface area (Å²) in [7, 11) is 0. The first-order chi connectivity index (χ1) is 11.2. The van der Waals surface area contributed by atoms with Gasteiger partial charge in [-0.1, -0.05) is 37.3 Å². The van der Waals surface area contributed by atoms with E-state index < -0.39 is 0 Å². The molecule has 0 aliphatic carbocycles. The highest BCUT2D eigenvalue weighted by Crippen LogP contribution is 2.32. The predicted octanol–water partition coefficient (Wildman–Crippen LogP) is 1.81. The summed E-state index contributed by atoms with van der Waals surface area (Å²) in [4.78, 5) is 4.75. The van der Waals surface area contributed by atoms with E-state index in [4.69, 9.17) is 4.74 Å². The molecule has 3 unspecified atom stereocenters. The number of hydrogen-bond acceptors (Lipinski definition) is 4. The Morgan fingerprint density at radius 1 is 1.09 bits per heavy atom. The lowest BCUT2D eigenvalue weighted by atomic mass is 9.81. The van der Waals surface area contributed by atoms with Crippen molar-refractivity contribution in [3.05, 3.63) is 35.9 Å². The van der Waals surface area contributed by atoms with E-state index in [0.29, 0.717) is 11.8 Å². The molecule has 2 saturated heterocycles. The maximum Gasteiger partial charge on any atom is 0.0793 e. The Balaban J connectivity index is 1.46. The van der Waals surface area contributed by atoms with Gasteiger partial charge in [-0.25, -0.2) is 0 Å². The van der Waals surface area contributed by atoms with Crippen LogP contribution in [0.5, 0.6) is 0 Å². The van der Waals surface area contributed by atoms with Gasteiger partial charge in [0, 0.05) is 32.7 Å². The molecule has 2 fully saturated rings. The van der Waals surface area contributed by atoms with E-state index in [1.165, 1.54) is 12.0 Å². The van der Waals surface area contributed by atoms with Gasteiger partial charge in [0.15, 0.2) is 0 Å². The third-order valence-corrected chi connectivity index (χ3v) is 5.26. The standard InChI is InChI=1S/C19H30N2O2/c1-16-13-21(8-7-19(16)17-5-3-2-4-6-17)15-18(22)14-20-9-11-23-12-10-20/h2-6,16,18-19,22H,7-15H2,1H3. The molecule has 1 N–H and O–H groups in total. The molecule has 1 aromatic rings. The summed E-state index contributed by atoms with van der Waals surface area (Å²) in [6, 6.07) is 10.9. The second kappa shape index (κ2) is 8.25. The van der Waals surface area contributed by atoms with Gasteiger partial charge in [0.05, 0.1) is 19.3 Å². The zero-order valence-electron chi connectivity index (χ0n) is 14.2. The number of rotatable bonds is 5. The number of benzene rings is 1.